The normalized spacial score (nSPS) is 11.7. The van der Waals surface area contributed by atoms with Crippen LogP contribution in [0.25, 0.3) is 28.4 Å². The van der Waals surface area contributed by atoms with Crippen LogP contribution >= 0.6 is 11.6 Å². The number of H-pyrrole nitrogens is 1. The van der Waals surface area contributed by atoms with Crippen molar-refractivity contribution in [2.75, 3.05) is 7.11 Å². The van der Waals surface area contributed by atoms with E-state index in [9.17, 15) is 9.65 Å². The van der Waals surface area contributed by atoms with Crippen molar-refractivity contribution in [2.45, 2.75) is 13.8 Å². The number of fused-ring (bicyclic) bond motifs is 1. The summed E-state index contributed by atoms with van der Waals surface area (Å²) in [5, 5.41) is 9.81. The molecule has 150 valence electrons. The average Bonchev–Trinajstić information content (AvgIpc) is 3.27. The lowest BCUT2D eigenvalue weighted by atomic mass is 10.1. The molecule has 0 aliphatic carbocycles. The largest absolute Gasteiger partial charge is 0.497 e. The number of methoxy groups -OCH3 is 1. The Morgan fingerprint density at radius 3 is 2.73 bits per heavy atom. The fourth-order valence-electron chi connectivity index (χ4n) is 3.51. The fourth-order valence-corrected chi connectivity index (χ4v) is 3.68. The van der Waals surface area contributed by atoms with Crippen molar-refractivity contribution in [1.82, 2.24) is 14.5 Å². The number of benzene rings is 2. The molecule has 0 fully saturated rings. The van der Waals surface area contributed by atoms with Crippen LogP contribution in [-0.4, -0.2) is 21.6 Å². The first-order valence-electron chi connectivity index (χ1n) is 9.21. The average molecular weight is 421 g/mol. The van der Waals surface area contributed by atoms with Crippen LogP contribution in [0.1, 0.15) is 22.8 Å². The van der Waals surface area contributed by atoms with Crippen LogP contribution in [0, 0.1) is 31.0 Å². The van der Waals surface area contributed by atoms with E-state index in [0.29, 0.717) is 17.1 Å². The van der Waals surface area contributed by atoms with E-state index in [0.717, 1.165) is 33.7 Å². The number of nitrogens with one attached hydrogen (secondary N) is 1. The van der Waals surface area contributed by atoms with Crippen molar-refractivity contribution in [3.63, 3.8) is 0 Å². The molecule has 0 bridgehead atoms. The van der Waals surface area contributed by atoms with Gasteiger partial charge in [-0.1, -0.05) is 11.6 Å². The molecular weight excluding hydrogens is 403 g/mol. The lowest BCUT2D eigenvalue weighted by molar-refractivity contribution is 0.415. The first-order chi connectivity index (χ1) is 14.4. The van der Waals surface area contributed by atoms with E-state index in [1.54, 1.807) is 25.3 Å². The molecule has 0 saturated heterocycles. The van der Waals surface area contributed by atoms with Crippen LogP contribution in [0.4, 0.5) is 4.39 Å². The topological polar surface area (TPSA) is 66.6 Å². The number of imidazole rings is 1. The van der Waals surface area contributed by atoms with Crippen molar-refractivity contribution in [2.24, 2.45) is 0 Å². The Kier molecular flexibility index (Phi) is 5.06. The zero-order valence-electron chi connectivity index (χ0n) is 16.6. The van der Waals surface area contributed by atoms with E-state index in [2.05, 4.69) is 16.0 Å². The maximum Gasteiger partial charge on any atom is 0.149 e. The summed E-state index contributed by atoms with van der Waals surface area (Å²) in [6.45, 7) is 3.88. The summed E-state index contributed by atoms with van der Waals surface area (Å²) in [6, 6.07) is 14.3. The highest BCUT2D eigenvalue weighted by molar-refractivity contribution is 6.30. The van der Waals surface area contributed by atoms with Crippen molar-refractivity contribution in [1.29, 1.82) is 5.26 Å². The maximum atomic E-state index is 13.6. The fraction of sp³-hybridized carbons (Fsp3) is 0.130. The van der Waals surface area contributed by atoms with Gasteiger partial charge in [0.1, 0.15) is 23.5 Å². The molecule has 0 spiro atoms. The number of hydrogen-bond acceptors (Lipinski definition) is 3. The number of allylic oxidation sites excluding steroid dienone is 1. The van der Waals surface area contributed by atoms with Gasteiger partial charge in [0, 0.05) is 23.1 Å². The molecule has 0 amide bonds. The molecule has 0 unspecified atom stereocenters. The summed E-state index contributed by atoms with van der Waals surface area (Å²) in [7, 11) is 1.60. The standard InChI is InChI=1S/C23H18ClFN4O/c1-13-8-15(14(2)29(13)17-4-6-20(25)19(24)10-17)9-16(12-26)23-27-21-7-5-18(30-3)11-22(21)28-23/h4-11H,1-3H3,(H,27,28)/b16-9-. The van der Waals surface area contributed by atoms with Gasteiger partial charge in [-0.05, 0) is 61.9 Å². The third-order valence-electron chi connectivity index (χ3n) is 5.00. The molecule has 2 heterocycles. The van der Waals surface area contributed by atoms with E-state index in [1.807, 2.05) is 42.7 Å². The van der Waals surface area contributed by atoms with Crippen LogP contribution in [0.2, 0.25) is 5.02 Å². The molecule has 4 aromatic rings. The molecule has 2 aromatic heterocycles. The number of aromatic nitrogens is 3. The molecule has 1 N–H and O–H groups in total. The van der Waals surface area contributed by atoms with Gasteiger partial charge in [-0.3, -0.25) is 0 Å². The van der Waals surface area contributed by atoms with Crippen molar-refractivity contribution in [3.05, 3.63) is 76.1 Å². The highest BCUT2D eigenvalue weighted by atomic mass is 35.5. The predicted octanol–water partition coefficient (Wildman–Crippen LogP) is 5.84. The second kappa shape index (κ2) is 7.69. The SMILES string of the molecule is COc1ccc2nc(/C(C#N)=C\c3cc(C)n(-c4ccc(F)c(Cl)c4)c3C)[nH]c2c1. The Balaban J connectivity index is 1.78. The van der Waals surface area contributed by atoms with E-state index in [-0.39, 0.29) is 5.02 Å². The molecule has 0 aliphatic heterocycles. The van der Waals surface area contributed by atoms with E-state index in [4.69, 9.17) is 16.3 Å². The zero-order chi connectivity index (χ0) is 21.4. The van der Waals surface area contributed by atoms with Gasteiger partial charge in [0.25, 0.3) is 0 Å². The van der Waals surface area contributed by atoms with Gasteiger partial charge >= 0.3 is 0 Å². The third-order valence-corrected chi connectivity index (χ3v) is 5.29. The van der Waals surface area contributed by atoms with Gasteiger partial charge in [-0.15, -0.1) is 0 Å². The van der Waals surface area contributed by atoms with Gasteiger partial charge < -0.3 is 14.3 Å². The van der Waals surface area contributed by atoms with E-state index < -0.39 is 5.82 Å². The number of nitrogens with zero attached hydrogens (tertiary/aromatic N) is 3. The summed E-state index contributed by atoms with van der Waals surface area (Å²) in [4.78, 5) is 7.71. The maximum absolute atomic E-state index is 13.6. The van der Waals surface area contributed by atoms with Crippen LogP contribution in [-0.2, 0) is 0 Å². The molecule has 7 heteroatoms. The van der Waals surface area contributed by atoms with Crippen LogP contribution in [0.15, 0.2) is 42.5 Å². The Bertz CT molecular complexity index is 1340. The zero-order valence-corrected chi connectivity index (χ0v) is 17.4. The van der Waals surface area contributed by atoms with Crippen molar-refractivity contribution in [3.8, 4) is 17.5 Å². The van der Waals surface area contributed by atoms with Gasteiger partial charge in [-0.25, -0.2) is 9.37 Å². The summed E-state index contributed by atoms with van der Waals surface area (Å²) >= 11 is 5.96. The molecule has 0 aliphatic rings. The lowest BCUT2D eigenvalue weighted by Gasteiger charge is -2.10. The molecule has 4 rings (SSSR count). The number of halogens is 2. The highest BCUT2D eigenvalue weighted by Gasteiger charge is 2.14. The van der Waals surface area contributed by atoms with Crippen LogP contribution in [0.3, 0.4) is 0 Å². The molecule has 0 radical (unpaired) electrons. The Hall–Kier alpha value is -3.56. The first kappa shape index (κ1) is 19.7. The number of aryl methyl sites for hydroxylation is 1. The summed E-state index contributed by atoms with van der Waals surface area (Å²) in [5.74, 6) is 0.730. The van der Waals surface area contributed by atoms with Gasteiger partial charge in [0.15, 0.2) is 0 Å². The lowest BCUT2D eigenvalue weighted by Crippen LogP contribution is -1.99. The Morgan fingerprint density at radius 1 is 1.23 bits per heavy atom. The third kappa shape index (κ3) is 3.44. The summed E-state index contributed by atoms with van der Waals surface area (Å²) in [5.41, 5.74) is 5.40. The second-order valence-corrected chi connectivity index (χ2v) is 7.31. The number of hydrogen-bond donors (Lipinski definition) is 1. The quantitative estimate of drug-likeness (QED) is 0.422. The molecule has 2 aromatic carbocycles. The Labute approximate surface area is 178 Å². The molecule has 0 saturated carbocycles. The number of rotatable bonds is 4. The number of nitriles is 1. The minimum Gasteiger partial charge on any atom is -0.497 e. The van der Waals surface area contributed by atoms with E-state index in [1.165, 1.54) is 6.07 Å². The van der Waals surface area contributed by atoms with Crippen molar-refractivity contribution >= 4 is 34.3 Å². The van der Waals surface area contributed by atoms with Crippen LogP contribution in [0.5, 0.6) is 5.75 Å². The Morgan fingerprint density at radius 2 is 2.03 bits per heavy atom. The van der Waals surface area contributed by atoms with Gasteiger partial charge in [0.05, 0.1) is 28.7 Å². The molecule has 30 heavy (non-hydrogen) atoms. The van der Waals surface area contributed by atoms with Gasteiger partial charge in [-0.2, -0.15) is 5.26 Å². The number of ether oxygens (including phenoxy) is 1. The van der Waals surface area contributed by atoms with Gasteiger partial charge in [0.2, 0.25) is 0 Å². The first-order valence-corrected chi connectivity index (χ1v) is 9.59. The van der Waals surface area contributed by atoms with E-state index >= 15 is 0 Å². The second-order valence-electron chi connectivity index (χ2n) is 6.90. The smallest absolute Gasteiger partial charge is 0.149 e. The molecule has 0 atom stereocenters. The minimum absolute atomic E-state index is 0.0625. The molecule has 5 nitrogen and oxygen atoms in total. The van der Waals surface area contributed by atoms with Crippen molar-refractivity contribution < 1.29 is 9.13 Å². The number of aromatic amines is 1. The summed E-state index contributed by atoms with van der Waals surface area (Å²) < 4.78 is 20.8. The monoisotopic (exact) mass is 420 g/mol. The highest BCUT2D eigenvalue weighted by Crippen LogP contribution is 2.28. The molecular formula is C23H18ClFN4O. The predicted molar refractivity (Wildman–Crippen MR) is 116 cm³/mol. The summed E-state index contributed by atoms with van der Waals surface area (Å²) in [6.07, 6.45) is 1.79. The van der Waals surface area contributed by atoms with Crippen LogP contribution < -0.4 is 4.74 Å². The minimum atomic E-state index is -0.462.